The van der Waals surface area contributed by atoms with Crippen LogP contribution < -0.4 is 4.74 Å². The van der Waals surface area contributed by atoms with Crippen LogP contribution in [0.1, 0.15) is 27.2 Å². The molecule has 0 unspecified atom stereocenters. The van der Waals surface area contributed by atoms with Crippen LogP contribution in [0.4, 0.5) is 0 Å². The van der Waals surface area contributed by atoms with Crippen molar-refractivity contribution in [3.05, 3.63) is 120 Å². The highest BCUT2D eigenvalue weighted by Crippen LogP contribution is 2.30. The van der Waals surface area contributed by atoms with E-state index >= 15 is 0 Å². The third-order valence-electron chi connectivity index (χ3n) is 6.10. The van der Waals surface area contributed by atoms with Crippen LogP contribution in [0, 0.1) is 6.92 Å². The van der Waals surface area contributed by atoms with Crippen LogP contribution >= 0.6 is 0 Å². The Morgan fingerprint density at radius 1 is 0.914 bits per heavy atom. The predicted octanol–water partition coefficient (Wildman–Crippen LogP) is 6.38. The van der Waals surface area contributed by atoms with Gasteiger partial charge in [-0.3, -0.25) is 4.98 Å². The number of aromatic nitrogens is 2. The summed E-state index contributed by atoms with van der Waals surface area (Å²) in [6.07, 6.45) is 2.60. The molecule has 174 valence electrons. The molecular weight excluding hydrogens is 436 g/mol. The highest BCUT2D eigenvalue weighted by atomic mass is 16.5. The van der Waals surface area contributed by atoms with E-state index in [0.29, 0.717) is 13.2 Å². The number of hydrogen-bond acceptors (Lipinski definition) is 3. The van der Waals surface area contributed by atoms with Crippen molar-refractivity contribution in [2.45, 2.75) is 19.9 Å². The maximum absolute atomic E-state index is 12.0. The fraction of sp³-hybridized carbons (Fsp3) is 0.133. The van der Waals surface area contributed by atoms with E-state index in [4.69, 9.17) is 4.74 Å². The third-order valence-corrected chi connectivity index (χ3v) is 6.10. The first-order chi connectivity index (χ1) is 17.1. The minimum atomic E-state index is -0.971. The van der Waals surface area contributed by atoms with Crippen molar-refractivity contribution < 1.29 is 14.6 Å². The van der Waals surface area contributed by atoms with Crippen molar-refractivity contribution in [2.75, 3.05) is 6.61 Å². The molecule has 0 amide bonds. The van der Waals surface area contributed by atoms with Gasteiger partial charge in [-0.1, -0.05) is 66.2 Å². The largest absolute Gasteiger partial charge is 0.492 e. The number of hydrogen-bond donors (Lipinski definition) is 1. The molecule has 35 heavy (non-hydrogen) atoms. The molecule has 0 radical (unpaired) electrons. The normalized spacial score (nSPS) is 11.0. The lowest BCUT2D eigenvalue weighted by atomic mass is 10.1. The first-order valence-electron chi connectivity index (χ1n) is 11.6. The van der Waals surface area contributed by atoms with Gasteiger partial charge in [0.25, 0.3) is 0 Å². The molecule has 1 N–H and O–H groups in total. The molecule has 0 saturated heterocycles. The number of aromatic carboxylic acids is 1. The van der Waals surface area contributed by atoms with Crippen molar-refractivity contribution in [1.29, 1.82) is 0 Å². The summed E-state index contributed by atoms with van der Waals surface area (Å²) in [4.78, 5) is 16.6. The Balaban J connectivity index is 1.34. The van der Waals surface area contributed by atoms with Gasteiger partial charge in [0.15, 0.2) is 0 Å². The van der Waals surface area contributed by atoms with E-state index in [1.54, 1.807) is 16.8 Å². The summed E-state index contributed by atoms with van der Waals surface area (Å²) in [6.45, 7) is 2.79. The Hall–Kier alpha value is -4.38. The molecule has 0 fully saturated rings. The smallest absolute Gasteiger partial charge is 0.352 e. The summed E-state index contributed by atoms with van der Waals surface area (Å²) >= 11 is 0. The molecule has 5 heteroatoms. The molecular formula is C30H26N2O3. The summed E-state index contributed by atoms with van der Waals surface area (Å²) in [5.74, 6) is -0.209. The molecule has 0 saturated carbocycles. The number of nitrogens with zero attached hydrogens (tertiary/aromatic N) is 2. The minimum Gasteiger partial charge on any atom is -0.492 e. The van der Waals surface area contributed by atoms with Gasteiger partial charge in [-0.25, -0.2) is 4.79 Å². The average molecular weight is 463 g/mol. The predicted molar refractivity (Wildman–Crippen MR) is 138 cm³/mol. The van der Waals surface area contributed by atoms with E-state index in [9.17, 15) is 9.90 Å². The molecule has 0 aliphatic rings. The van der Waals surface area contributed by atoms with Gasteiger partial charge in [0.1, 0.15) is 18.1 Å². The first-order valence-corrected chi connectivity index (χ1v) is 11.6. The maximum atomic E-state index is 12.0. The van der Waals surface area contributed by atoms with E-state index < -0.39 is 5.97 Å². The van der Waals surface area contributed by atoms with Gasteiger partial charge in [-0.05, 0) is 54.8 Å². The molecule has 2 heterocycles. The van der Waals surface area contributed by atoms with E-state index in [1.807, 2.05) is 61.5 Å². The van der Waals surface area contributed by atoms with Crippen LogP contribution in [0.25, 0.3) is 22.2 Å². The zero-order valence-electron chi connectivity index (χ0n) is 19.5. The lowest BCUT2D eigenvalue weighted by Gasteiger charge is -2.11. The standard InChI is InChI=1S/C30H26N2O3/c1-21-6-5-9-24(18-21)29-26-20-28(30(33)34)32(27(26)14-15-31-29)16-17-35-25-12-10-23(11-13-25)19-22-7-3-2-4-8-22/h2-15,18,20H,16-17,19H2,1H3,(H,33,34). The second-order valence-corrected chi connectivity index (χ2v) is 8.60. The molecule has 0 spiro atoms. The van der Waals surface area contributed by atoms with E-state index in [1.165, 1.54) is 11.1 Å². The Bertz CT molecular complexity index is 1470. The quantitative estimate of drug-likeness (QED) is 0.291. The second-order valence-electron chi connectivity index (χ2n) is 8.60. The highest BCUT2D eigenvalue weighted by molar-refractivity contribution is 6.00. The number of carboxylic acid groups (broad SMARTS) is 1. The van der Waals surface area contributed by atoms with Crippen molar-refractivity contribution in [3.63, 3.8) is 0 Å². The molecule has 3 aromatic carbocycles. The summed E-state index contributed by atoms with van der Waals surface area (Å²) < 4.78 is 7.76. The molecule has 5 aromatic rings. The van der Waals surface area contributed by atoms with E-state index in [-0.39, 0.29) is 5.69 Å². The Morgan fingerprint density at radius 2 is 1.69 bits per heavy atom. The van der Waals surface area contributed by atoms with Gasteiger partial charge in [0.2, 0.25) is 0 Å². The second kappa shape index (κ2) is 9.85. The summed E-state index contributed by atoms with van der Waals surface area (Å²) in [7, 11) is 0. The van der Waals surface area contributed by atoms with Gasteiger partial charge in [-0.15, -0.1) is 0 Å². The number of rotatable bonds is 8. The number of carbonyl (C=O) groups is 1. The zero-order chi connectivity index (χ0) is 24.2. The third kappa shape index (κ3) is 4.94. The Morgan fingerprint density at radius 3 is 2.43 bits per heavy atom. The SMILES string of the molecule is Cc1cccc(-c2nccc3c2cc(C(=O)O)n3CCOc2ccc(Cc3ccccc3)cc2)c1. The Kier molecular flexibility index (Phi) is 6.31. The number of ether oxygens (including phenoxy) is 1. The fourth-order valence-electron chi connectivity index (χ4n) is 4.42. The molecule has 5 rings (SSSR count). The number of carboxylic acids is 1. The highest BCUT2D eigenvalue weighted by Gasteiger charge is 2.18. The first kappa shape index (κ1) is 22.4. The summed E-state index contributed by atoms with van der Waals surface area (Å²) in [5, 5.41) is 10.7. The van der Waals surface area contributed by atoms with Crippen molar-refractivity contribution in [3.8, 4) is 17.0 Å². The van der Waals surface area contributed by atoms with Crippen molar-refractivity contribution in [2.24, 2.45) is 0 Å². The van der Waals surface area contributed by atoms with Crippen molar-refractivity contribution >= 4 is 16.9 Å². The van der Waals surface area contributed by atoms with Crippen LogP contribution in [0.2, 0.25) is 0 Å². The number of pyridine rings is 1. The molecule has 2 aromatic heterocycles. The van der Waals surface area contributed by atoms with Crippen LogP contribution in [0.15, 0.2) is 97.2 Å². The van der Waals surface area contributed by atoms with Crippen LogP contribution in [0.3, 0.4) is 0 Å². The minimum absolute atomic E-state index is 0.226. The van der Waals surface area contributed by atoms with Gasteiger partial charge >= 0.3 is 5.97 Å². The molecule has 0 atom stereocenters. The van der Waals surface area contributed by atoms with Gasteiger partial charge < -0.3 is 14.4 Å². The van der Waals surface area contributed by atoms with Crippen molar-refractivity contribution in [1.82, 2.24) is 9.55 Å². The average Bonchev–Trinajstić information content (AvgIpc) is 3.25. The number of aryl methyl sites for hydroxylation is 1. The number of fused-ring (bicyclic) bond motifs is 1. The van der Waals surface area contributed by atoms with E-state index in [0.717, 1.165) is 39.9 Å². The maximum Gasteiger partial charge on any atom is 0.352 e. The number of benzene rings is 3. The van der Waals surface area contributed by atoms with Crippen LogP contribution in [-0.2, 0) is 13.0 Å². The Labute approximate surface area is 204 Å². The molecule has 0 aliphatic carbocycles. The van der Waals surface area contributed by atoms with Gasteiger partial charge in [0, 0.05) is 17.1 Å². The van der Waals surface area contributed by atoms with Gasteiger partial charge in [0.05, 0.1) is 17.8 Å². The summed E-state index contributed by atoms with van der Waals surface area (Å²) in [6, 6.07) is 30.0. The lowest BCUT2D eigenvalue weighted by molar-refractivity contribution is 0.0684. The molecule has 0 aliphatic heterocycles. The monoisotopic (exact) mass is 462 g/mol. The fourth-order valence-corrected chi connectivity index (χ4v) is 4.42. The van der Waals surface area contributed by atoms with Gasteiger partial charge in [-0.2, -0.15) is 0 Å². The summed E-state index contributed by atoms with van der Waals surface area (Å²) in [5.41, 5.74) is 6.41. The topological polar surface area (TPSA) is 64.3 Å². The van der Waals surface area contributed by atoms with E-state index in [2.05, 4.69) is 35.3 Å². The van der Waals surface area contributed by atoms with Crippen LogP contribution in [-0.4, -0.2) is 27.2 Å². The van der Waals surface area contributed by atoms with Crippen LogP contribution in [0.5, 0.6) is 5.75 Å². The zero-order valence-corrected chi connectivity index (χ0v) is 19.5. The molecule has 5 nitrogen and oxygen atoms in total. The lowest BCUT2D eigenvalue weighted by Crippen LogP contribution is -2.13. The molecule has 0 bridgehead atoms.